The number of anilines is 2. The molecule has 0 radical (unpaired) electrons. The lowest BCUT2D eigenvalue weighted by molar-refractivity contribution is -0.138. The highest BCUT2D eigenvalue weighted by molar-refractivity contribution is 6.33. The van der Waals surface area contributed by atoms with Gasteiger partial charge in [0.1, 0.15) is 28.9 Å². The van der Waals surface area contributed by atoms with E-state index in [1.165, 1.54) is 15.2 Å². The van der Waals surface area contributed by atoms with Gasteiger partial charge in [0.05, 0.1) is 23.1 Å². The number of pyridine rings is 1. The predicted octanol–water partition coefficient (Wildman–Crippen LogP) is 4.18. The number of halogens is 7. The normalized spacial score (nSPS) is 16.6. The van der Waals surface area contributed by atoms with Crippen LogP contribution >= 0.6 is 11.6 Å². The summed E-state index contributed by atoms with van der Waals surface area (Å²) < 4.78 is 85.7. The molecule has 2 amide bonds. The van der Waals surface area contributed by atoms with Crippen molar-refractivity contribution in [3.05, 3.63) is 62.7 Å². The quantitative estimate of drug-likeness (QED) is 0.181. The Bertz CT molecular complexity index is 2100. The number of rotatable bonds is 8. The van der Waals surface area contributed by atoms with Crippen LogP contribution in [0, 0.1) is 17.6 Å². The zero-order chi connectivity index (χ0) is 36.2. The number of fused-ring (bicyclic) bond motifs is 2. The fraction of sp³-hybridized carbons (Fsp3) is 0.387. The molecular weight excluding hydrogens is 698 g/mol. The second-order valence-electron chi connectivity index (χ2n) is 12.2. The monoisotopic (exact) mass is 726 g/mol. The molecule has 2 aliphatic rings. The first-order chi connectivity index (χ1) is 23.5. The van der Waals surface area contributed by atoms with Gasteiger partial charge in [0, 0.05) is 68.6 Å². The Hall–Kier alpha value is -4.84. The first-order valence-electron chi connectivity index (χ1n) is 15.4. The van der Waals surface area contributed by atoms with Gasteiger partial charge in [-0.1, -0.05) is 11.6 Å². The number of primary amides is 1. The van der Waals surface area contributed by atoms with Gasteiger partial charge in [0.15, 0.2) is 11.6 Å². The third-order valence-corrected chi connectivity index (χ3v) is 9.14. The maximum atomic E-state index is 15.3. The summed E-state index contributed by atoms with van der Waals surface area (Å²) in [7, 11) is 0. The SMILES string of the molecule is CC1CN(CCC(F)(F)F)CCN1c1cc(NC(=O)Cn2cc(-c3cc(C(N)=O)c(O)c(F)c3F)c3c(=O)n4c(nc32)CCC4)c(Cl)c(F)n1. The molecule has 3 aromatic heterocycles. The second kappa shape index (κ2) is 13.1. The van der Waals surface area contributed by atoms with E-state index in [1.807, 2.05) is 0 Å². The fourth-order valence-corrected chi connectivity index (χ4v) is 6.53. The zero-order valence-corrected chi connectivity index (χ0v) is 27.0. The van der Waals surface area contributed by atoms with Crippen molar-refractivity contribution in [1.82, 2.24) is 24.0 Å². The second-order valence-corrected chi connectivity index (χ2v) is 12.5. The van der Waals surface area contributed by atoms with E-state index in [4.69, 9.17) is 17.3 Å². The van der Waals surface area contributed by atoms with Crippen LogP contribution in [0.25, 0.3) is 22.2 Å². The van der Waals surface area contributed by atoms with E-state index in [9.17, 15) is 41.4 Å². The van der Waals surface area contributed by atoms with Crippen LogP contribution in [0.2, 0.25) is 5.02 Å². The molecule has 0 spiro atoms. The van der Waals surface area contributed by atoms with Gasteiger partial charge in [-0.3, -0.25) is 23.9 Å². The molecule has 19 heteroatoms. The largest absolute Gasteiger partial charge is 0.504 e. The minimum absolute atomic E-state index is 0.0632. The molecule has 1 atom stereocenters. The van der Waals surface area contributed by atoms with E-state index in [1.54, 1.807) is 16.7 Å². The highest BCUT2D eigenvalue weighted by atomic mass is 35.5. The van der Waals surface area contributed by atoms with Gasteiger partial charge in [-0.25, -0.2) is 14.4 Å². The molecule has 5 heterocycles. The lowest BCUT2D eigenvalue weighted by Crippen LogP contribution is -2.52. The standard InChI is InChI=1S/C31H29ClF6N8O4/c1-14-11-43(6-4-31(36,37)38)7-8-45(14)20-10-18(23(32)27(35)41-20)40-21(47)13-44-12-17(15-9-16(28(39)49)26(48)25(34)24(15)33)22-29(44)42-19-3-2-5-46(19)30(22)50/h9-10,12,14,48H,2-8,11,13H2,1H3,(H2,39,49)(H,40,41,47). The molecule has 0 aliphatic carbocycles. The number of hydrogen-bond acceptors (Lipinski definition) is 8. The number of nitrogens with one attached hydrogen (secondary N) is 1. The van der Waals surface area contributed by atoms with Crippen molar-refractivity contribution in [2.75, 3.05) is 36.4 Å². The summed E-state index contributed by atoms with van der Waals surface area (Å²) in [6.07, 6.45) is -3.11. The molecule has 0 saturated carbocycles. The molecule has 4 aromatic rings. The lowest BCUT2D eigenvalue weighted by Gasteiger charge is -2.40. The van der Waals surface area contributed by atoms with E-state index in [-0.39, 0.29) is 60.3 Å². The number of benzene rings is 1. The van der Waals surface area contributed by atoms with Crippen LogP contribution in [-0.2, 0) is 24.3 Å². The summed E-state index contributed by atoms with van der Waals surface area (Å²) in [5.41, 5.74) is 2.85. The maximum absolute atomic E-state index is 15.3. The van der Waals surface area contributed by atoms with Gasteiger partial charge in [0.2, 0.25) is 17.7 Å². The molecule has 266 valence electrons. The van der Waals surface area contributed by atoms with Gasteiger partial charge in [-0.05, 0) is 19.4 Å². The van der Waals surface area contributed by atoms with Crippen molar-refractivity contribution in [2.24, 2.45) is 5.73 Å². The number of aryl methyl sites for hydroxylation is 1. The number of nitrogens with two attached hydrogens (primary N) is 1. The molecule has 1 saturated heterocycles. The van der Waals surface area contributed by atoms with Crippen LogP contribution in [-0.4, -0.2) is 79.3 Å². The lowest BCUT2D eigenvalue weighted by atomic mass is 10.0. The Balaban J connectivity index is 1.32. The molecule has 1 unspecified atom stereocenters. The third-order valence-electron chi connectivity index (χ3n) is 8.78. The molecule has 6 rings (SSSR count). The fourth-order valence-electron chi connectivity index (χ4n) is 6.38. The van der Waals surface area contributed by atoms with Crippen LogP contribution in [0.4, 0.5) is 37.8 Å². The number of carbonyl (C=O) groups excluding carboxylic acids is 2. The van der Waals surface area contributed by atoms with Gasteiger partial charge in [-0.15, -0.1) is 0 Å². The number of amides is 2. The summed E-state index contributed by atoms with van der Waals surface area (Å²) in [5.74, 6) is -7.36. The summed E-state index contributed by atoms with van der Waals surface area (Å²) in [5, 5.41) is 11.7. The van der Waals surface area contributed by atoms with Crippen LogP contribution < -0.4 is 21.5 Å². The number of alkyl halides is 3. The number of nitrogens with zero attached hydrogens (tertiary/aromatic N) is 6. The van der Waals surface area contributed by atoms with Crippen LogP contribution in [0.3, 0.4) is 0 Å². The summed E-state index contributed by atoms with van der Waals surface area (Å²) in [6.45, 7) is 1.98. The Morgan fingerprint density at radius 2 is 1.84 bits per heavy atom. The third kappa shape index (κ3) is 6.56. The van der Waals surface area contributed by atoms with Crippen molar-refractivity contribution in [1.29, 1.82) is 0 Å². The maximum Gasteiger partial charge on any atom is 0.390 e. The molecule has 4 N–H and O–H groups in total. The Kier molecular flexibility index (Phi) is 9.19. The van der Waals surface area contributed by atoms with Gasteiger partial charge in [-0.2, -0.15) is 22.0 Å². The highest BCUT2D eigenvalue weighted by Crippen LogP contribution is 2.37. The van der Waals surface area contributed by atoms with E-state index in [0.717, 1.165) is 12.3 Å². The molecule has 12 nitrogen and oxygen atoms in total. The van der Waals surface area contributed by atoms with Crippen LogP contribution in [0.1, 0.15) is 35.9 Å². The van der Waals surface area contributed by atoms with Gasteiger partial charge in [0.25, 0.3) is 11.5 Å². The summed E-state index contributed by atoms with van der Waals surface area (Å²) >= 11 is 6.16. The summed E-state index contributed by atoms with van der Waals surface area (Å²) in [6, 6.07) is 1.75. The van der Waals surface area contributed by atoms with E-state index in [0.29, 0.717) is 25.2 Å². The van der Waals surface area contributed by atoms with E-state index < -0.39 is 76.0 Å². The summed E-state index contributed by atoms with van der Waals surface area (Å²) in [4.78, 5) is 50.6. The number of carbonyl (C=O) groups is 2. The number of piperazine rings is 1. The predicted molar refractivity (Wildman–Crippen MR) is 170 cm³/mol. The van der Waals surface area contributed by atoms with Gasteiger partial charge >= 0.3 is 6.18 Å². The molecule has 50 heavy (non-hydrogen) atoms. The smallest absolute Gasteiger partial charge is 0.390 e. The number of hydrogen-bond donors (Lipinski definition) is 3. The van der Waals surface area contributed by atoms with Crippen molar-refractivity contribution in [3.8, 4) is 16.9 Å². The molecule has 1 aromatic carbocycles. The molecule has 0 bridgehead atoms. The Labute approximate surface area is 284 Å². The van der Waals surface area contributed by atoms with E-state index >= 15 is 4.39 Å². The zero-order valence-electron chi connectivity index (χ0n) is 26.3. The topological polar surface area (TPSA) is 152 Å². The first-order valence-corrected chi connectivity index (χ1v) is 15.8. The molecule has 1 fully saturated rings. The van der Waals surface area contributed by atoms with Crippen LogP contribution in [0.15, 0.2) is 23.1 Å². The number of phenols is 1. The minimum atomic E-state index is -4.30. The van der Waals surface area contributed by atoms with Crippen molar-refractivity contribution in [3.63, 3.8) is 0 Å². The number of aromatic hydroxyl groups is 1. The molecule has 2 aliphatic heterocycles. The van der Waals surface area contributed by atoms with Crippen LogP contribution in [0.5, 0.6) is 5.75 Å². The molecular formula is C31H29ClF6N8O4. The van der Waals surface area contributed by atoms with Crippen molar-refractivity contribution < 1.29 is 41.0 Å². The average Bonchev–Trinajstić information content (AvgIpc) is 3.66. The Morgan fingerprint density at radius 3 is 2.52 bits per heavy atom. The number of aromatic nitrogens is 4. The van der Waals surface area contributed by atoms with Crippen molar-refractivity contribution >= 4 is 46.0 Å². The van der Waals surface area contributed by atoms with E-state index in [2.05, 4.69) is 15.3 Å². The average molecular weight is 727 g/mol. The first kappa shape index (κ1) is 35.0. The highest BCUT2D eigenvalue weighted by Gasteiger charge is 2.32. The van der Waals surface area contributed by atoms with Gasteiger partial charge < -0.3 is 25.6 Å². The Morgan fingerprint density at radius 1 is 1.10 bits per heavy atom. The van der Waals surface area contributed by atoms with Crippen molar-refractivity contribution in [2.45, 2.75) is 51.5 Å². The minimum Gasteiger partial charge on any atom is -0.504 e.